The lowest BCUT2D eigenvalue weighted by atomic mass is 9.89. The summed E-state index contributed by atoms with van der Waals surface area (Å²) in [4.78, 5) is 16.8. The lowest BCUT2D eigenvalue weighted by Crippen LogP contribution is -2.31. The fraction of sp³-hybridized carbons (Fsp3) is 0.273. The molecule has 5 rings (SSSR count). The van der Waals surface area contributed by atoms with Crippen LogP contribution in [0.3, 0.4) is 0 Å². The number of nitrogens with zero attached hydrogens (tertiary/aromatic N) is 4. The number of amides is 2. The number of carbonyl (C=O) groups excluding carboxylic acids is 1. The topological polar surface area (TPSA) is 50.6 Å². The van der Waals surface area contributed by atoms with Gasteiger partial charge in [0.1, 0.15) is 5.75 Å². The average molecular weight is 386 g/mol. The van der Waals surface area contributed by atoms with Crippen molar-refractivity contribution in [1.29, 1.82) is 0 Å². The summed E-state index contributed by atoms with van der Waals surface area (Å²) in [6, 6.07) is 14.3. The zero-order valence-corrected chi connectivity index (χ0v) is 16.8. The van der Waals surface area contributed by atoms with Gasteiger partial charge in [-0.25, -0.2) is 4.79 Å². The summed E-state index contributed by atoms with van der Waals surface area (Å²) >= 11 is 0. The van der Waals surface area contributed by atoms with Gasteiger partial charge in [-0.3, -0.25) is 4.90 Å². The molecule has 1 saturated heterocycles. The molecule has 7 heteroatoms. The van der Waals surface area contributed by atoms with E-state index in [-0.39, 0.29) is 6.03 Å². The van der Waals surface area contributed by atoms with Crippen LogP contribution in [0.1, 0.15) is 16.8 Å². The number of carbonyl (C=O) groups is 1. The third-order valence-corrected chi connectivity index (χ3v) is 5.83. The minimum Gasteiger partial charge on any atom is -0.497 e. The first-order valence-electron chi connectivity index (χ1n) is 9.97. The number of aryl methyl sites for hydroxylation is 2. The van der Waals surface area contributed by atoms with E-state index in [0.717, 1.165) is 42.1 Å². The molecular weight excluding hydrogens is 363 g/mol. The van der Waals surface area contributed by atoms with Crippen LogP contribution < -0.4 is 9.64 Å². The van der Waals surface area contributed by atoms with Crippen molar-refractivity contribution in [2.24, 2.45) is 0 Å². The van der Waals surface area contributed by atoms with Crippen molar-refractivity contribution in [3.63, 3.8) is 0 Å². The summed E-state index contributed by atoms with van der Waals surface area (Å²) in [6.07, 6.45) is 4.00. The van der Waals surface area contributed by atoms with Gasteiger partial charge in [0, 0.05) is 37.1 Å². The summed E-state index contributed by atoms with van der Waals surface area (Å²) in [5, 5.41) is 4.56. The highest BCUT2D eigenvalue weighted by molar-refractivity contribution is 6.06. The molecule has 6 nitrogen and oxygen atoms in total. The Morgan fingerprint density at radius 2 is 2.00 bits per heavy atom. The van der Waals surface area contributed by atoms with Gasteiger partial charge in [0.15, 0.2) is 0 Å². The molecule has 0 atom stereocenters. The van der Waals surface area contributed by atoms with Gasteiger partial charge in [-0.15, -0.1) is 0 Å². The van der Waals surface area contributed by atoms with Gasteiger partial charge in [-0.2, -0.15) is 5.10 Å². The van der Waals surface area contributed by atoms with Crippen LogP contribution in [0.25, 0.3) is 11.1 Å². The number of hydrogen-bond acceptors (Lipinski definition) is 3. The Bertz CT molecular complexity index is 1090. The van der Waals surface area contributed by atoms with Gasteiger partial charge in [0.25, 0.3) is 0 Å². The second kappa shape index (κ2) is 6.99. The summed E-state index contributed by atoms with van der Waals surface area (Å²) in [5.41, 5.74) is 6.97. The molecule has 0 N–H and O–H groups in total. The Morgan fingerprint density at radius 1 is 1.10 bits per heavy atom. The first-order chi connectivity index (χ1) is 14.1. The van der Waals surface area contributed by atoms with Gasteiger partial charge in [0.05, 0.1) is 12.8 Å². The fourth-order valence-electron chi connectivity index (χ4n) is 4.37. The SMILES string of the molecule is Bn1cc2c(n1)CCc1cc(N3CCN(Cc4cccc(OC)c4)C3=O)ccc1-2. The second-order valence-corrected chi connectivity index (χ2v) is 7.71. The third-order valence-electron chi connectivity index (χ3n) is 5.83. The second-order valence-electron chi connectivity index (χ2n) is 7.71. The molecule has 1 fully saturated rings. The maximum Gasteiger partial charge on any atom is 0.324 e. The number of ether oxygens (including phenoxy) is 1. The number of benzene rings is 2. The molecule has 0 radical (unpaired) electrons. The van der Waals surface area contributed by atoms with Crippen molar-refractivity contribution in [2.75, 3.05) is 25.1 Å². The van der Waals surface area contributed by atoms with Gasteiger partial charge in [-0.1, -0.05) is 18.2 Å². The van der Waals surface area contributed by atoms with Gasteiger partial charge in [-0.05, 0) is 53.8 Å². The molecule has 29 heavy (non-hydrogen) atoms. The van der Waals surface area contributed by atoms with E-state index in [0.29, 0.717) is 13.1 Å². The van der Waals surface area contributed by atoms with Gasteiger partial charge >= 0.3 is 6.03 Å². The van der Waals surface area contributed by atoms with E-state index in [1.54, 1.807) is 7.11 Å². The van der Waals surface area contributed by atoms with Gasteiger partial charge in [0.2, 0.25) is 7.98 Å². The van der Waals surface area contributed by atoms with Crippen molar-refractivity contribution in [2.45, 2.75) is 19.4 Å². The van der Waals surface area contributed by atoms with Gasteiger partial charge < -0.3 is 14.2 Å². The Kier molecular flexibility index (Phi) is 4.30. The number of hydrogen-bond donors (Lipinski definition) is 0. The van der Waals surface area contributed by atoms with Crippen molar-refractivity contribution < 1.29 is 9.53 Å². The zero-order valence-electron chi connectivity index (χ0n) is 16.8. The molecule has 3 aromatic rings. The highest BCUT2D eigenvalue weighted by Crippen LogP contribution is 2.35. The van der Waals surface area contributed by atoms with E-state index in [4.69, 9.17) is 4.74 Å². The van der Waals surface area contributed by atoms with Crippen molar-refractivity contribution in [3.05, 3.63) is 65.5 Å². The molecule has 0 unspecified atom stereocenters. The minimum atomic E-state index is 0.0608. The summed E-state index contributed by atoms with van der Waals surface area (Å²) in [5.74, 6) is 0.815. The van der Waals surface area contributed by atoms with Crippen LogP contribution in [0.4, 0.5) is 10.5 Å². The Labute approximate surface area is 171 Å². The molecule has 2 heterocycles. The first-order valence-corrected chi connectivity index (χ1v) is 9.97. The highest BCUT2D eigenvalue weighted by Gasteiger charge is 2.30. The monoisotopic (exact) mass is 386 g/mol. The molecule has 0 spiro atoms. The van der Waals surface area contributed by atoms with Crippen LogP contribution in [-0.4, -0.2) is 48.8 Å². The molecule has 2 amide bonds. The van der Waals surface area contributed by atoms with Crippen LogP contribution in [0.15, 0.2) is 48.7 Å². The molecule has 1 aromatic heterocycles. The lowest BCUT2D eigenvalue weighted by molar-refractivity contribution is 0.218. The largest absolute Gasteiger partial charge is 0.497 e. The number of aromatic nitrogens is 2. The number of anilines is 1. The van der Waals surface area contributed by atoms with Crippen LogP contribution in [-0.2, 0) is 19.4 Å². The predicted molar refractivity (Wildman–Crippen MR) is 115 cm³/mol. The molecule has 1 aliphatic heterocycles. The molecular formula is C22H23BN4O2. The quantitative estimate of drug-likeness (QED) is 0.648. The number of fused-ring (bicyclic) bond motifs is 3. The normalized spacial score (nSPS) is 15.4. The van der Waals surface area contributed by atoms with Crippen LogP contribution in [0.2, 0.25) is 0 Å². The number of urea groups is 1. The van der Waals surface area contributed by atoms with Crippen molar-refractivity contribution in [3.8, 4) is 16.9 Å². The number of rotatable bonds is 4. The molecule has 1 aliphatic carbocycles. The predicted octanol–water partition coefficient (Wildman–Crippen LogP) is 2.50. The maximum absolute atomic E-state index is 13.0. The smallest absolute Gasteiger partial charge is 0.324 e. The van der Waals surface area contributed by atoms with E-state index in [9.17, 15) is 4.79 Å². The van der Waals surface area contributed by atoms with Crippen LogP contribution in [0.5, 0.6) is 5.75 Å². The summed E-state index contributed by atoms with van der Waals surface area (Å²) in [6.45, 7) is 2.02. The van der Waals surface area contributed by atoms with E-state index in [1.807, 2.05) is 46.6 Å². The Morgan fingerprint density at radius 3 is 2.86 bits per heavy atom. The van der Waals surface area contributed by atoms with E-state index >= 15 is 0 Å². The molecule has 2 aromatic carbocycles. The third kappa shape index (κ3) is 3.16. The fourth-order valence-corrected chi connectivity index (χ4v) is 4.37. The van der Waals surface area contributed by atoms with Crippen LogP contribution >= 0.6 is 0 Å². The Hall–Kier alpha value is -3.22. The molecule has 2 aliphatic rings. The number of methoxy groups -OCH3 is 1. The highest BCUT2D eigenvalue weighted by atomic mass is 16.5. The first kappa shape index (κ1) is 17.9. The molecule has 146 valence electrons. The maximum atomic E-state index is 13.0. The van der Waals surface area contributed by atoms with E-state index < -0.39 is 0 Å². The standard InChI is InChI=1S/C22H23BN4O2/c1-29-18-4-2-3-15(11-18)13-25-9-10-26(22(25)28)17-6-7-19-16(12-17)5-8-21-20(19)14-27(23)24-21/h2-4,6-7,11-12,14H,5,8-10,13,23H2,1H3. The summed E-state index contributed by atoms with van der Waals surface area (Å²) in [7, 11) is 3.62. The molecule has 0 saturated carbocycles. The average Bonchev–Trinajstić information content (AvgIpc) is 3.30. The van der Waals surface area contributed by atoms with Crippen LogP contribution in [0, 0.1) is 0 Å². The minimum absolute atomic E-state index is 0.0608. The summed E-state index contributed by atoms with van der Waals surface area (Å²) < 4.78 is 7.18. The Balaban J connectivity index is 1.36. The van der Waals surface area contributed by atoms with Crippen molar-refractivity contribution in [1.82, 2.24) is 14.6 Å². The lowest BCUT2D eigenvalue weighted by Gasteiger charge is -2.22. The van der Waals surface area contributed by atoms with E-state index in [1.165, 1.54) is 16.7 Å². The van der Waals surface area contributed by atoms with Crippen molar-refractivity contribution >= 4 is 19.7 Å². The molecule has 0 bridgehead atoms. The zero-order chi connectivity index (χ0) is 20.0. The van der Waals surface area contributed by atoms with E-state index in [2.05, 4.69) is 29.5 Å².